The number of nitrogens with zero attached hydrogens (tertiary/aromatic N) is 1. The fourth-order valence-electron chi connectivity index (χ4n) is 2.89. The largest absolute Gasteiger partial charge is 0.446 e. The molecule has 114 valence electrons. The lowest BCUT2D eigenvalue weighted by molar-refractivity contribution is 0.199. The van der Waals surface area contributed by atoms with Gasteiger partial charge in [0.1, 0.15) is 5.76 Å². The molecule has 1 saturated carbocycles. The first kappa shape index (κ1) is 15.5. The monoisotopic (exact) mass is 280 g/mol. The van der Waals surface area contributed by atoms with Gasteiger partial charge in [-0.05, 0) is 25.3 Å². The number of hydrogen-bond donors (Lipinski definition) is 1. The van der Waals surface area contributed by atoms with Crippen LogP contribution in [0, 0.1) is 5.92 Å². The smallest absolute Gasteiger partial charge is 0.194 e. The van der Waals surface area contributed by atoms with E-state index in [-0.39, 0.29) is 0 Å². The first-order valence-electron chi connectivity index (χ1n) is 8.01. The molecule has 20 heavy (non-hydrogen) atoms. The number of aryl methyl sites for hydroxylation is 2. The second-order valence-corrected chi connectivity index (χ2v) is 5.76. The minimum absolute atomic E-state index is 0.768. The van der Waals surface area contributed by atoms with E-state index < -0.39 is 0 Å². The summed E-state index contributed by atoms with van der Waals surface area (Å²) in [6.45, 7) is 2.67. The quantitative estimate of drug-likeness (QED) is 0.669. The van der Waals surface area contributed by atoms with Gasteiger partial charge in [-0.2, -0.15) is 0 Å². The van der Waals surface area contributed by atoms with E-state index in [1.54, 1.807) is 7.11 Å². The lowest BCUT2D eigenvalue weighted by atomic mass is 10.0. The van der Waals surface area contributed by atoms with Crippen LogP contribution in [0.5, 0.6) is 0 Å². The topological polar surface area (TPSA) is 47.3 Å². The third kappa shape index (κ3) is 5.63. The Kier molecular flexibility index (Phi) is 7.09. The van der Waals surface area contributed by atoms with Gasteiger partial charge < -0.3 is 14.5 Å². The second kappa shape index (κ2) is 9.14. The third-order valence-electron chi connectivity index (χ3n) is 4.10. The van der Waals surface area contributed by atoms with Crippen LogP contribution in [0.4, 0.5) is 0 Å². The summed E-state index contributed by atoms with van der Waals surface area (Å²) in [7, 11) is 1.72. The van der Waals surface area contributed by atoms with Crippen molar-refractivity contribution in [3.8, 4) is 0 Å². The molecule has 0 spiro atoms. The van der Waals surface area contributed by atoms with Gasteiger partial charge in [0, 0.05) is 26.5 Å². The molecule has 0 aromatic carbocycles. The predicted molar refractivity (Wildman–Crippen MR) is 79.8 cm³/mol. The normalized spacial score (nSPS) is 16.1. The molecular weight excluding hydrogens is 252 g/mol. The van der Waals surface area contributed by atoms with Gasteiger partial charge in [0.15, 0.2) is 5.89 Å². The molecule has 1 N–H and O–H groups in total. The molecular formula is C16H28N2O2. The minimum Gasteiger partial charge on any atom is -0.446 e. The van der Waals surface area contributed by atoms with Gasteiger partial charge in [-0.1, -0.05) is 25.7 Å². The van der Waals surface area contributed by atoms with Crippen molar-refractivity contribution in [2.75, 3.05) is 26.8 Å². The Morgan fingerprint density at radius 1 is 1.30 bits per heavy atom. The number of hydrogen-bond acceptors (Lipinski definition) is 4. The molecule has 0 amide bonds. The second-order valence-electron chi connectivity index (χ2n) is 5.76. The Morgan fingerprint density at radius 3 is 2.95 bits per heavy atom. The number of aromatic nitrogens is 1. The van der Waals surface area contributed by atoms with Gasteiger partial charge in [-0.15, -0.1) is 0 Å². The fraction of sp³-hybridized carbons (Fsp3) is 0.812. The van der Waals surface area contributed by atoms with Crippen molar-refractivity contribution >= 4 is 0 Å². The number of methoxy groups -OCH3 is 1. The molecule has 1 aliphatic rings. The lowest BCUT2D eigenvalue weighted by Crippen LogP contribution is -2.20. The van der Waals surface area contributed by atoms with Crippen LogP contribution < -0.4 is 5.32 Å². The van der Waals surface area contributed by atoms with Gasteiger partial charge >= 0.3 is 0 Å². The van der Waals surface area contributed by atoms with Gasteiger partial charge in [-0.3, -0.25) is 0 Å². The zero-order valence-corrected chi connectivity index (χ0v) is 12.7. The van der Waals surface area contributed by atoms with Crippen LogP contribution in [-0.4, -0.2) is 31.8 Å². The molecule has 1 heterocycles. The highest BCUT2D eigenvalue weighted by atomic mass is 16.5. The standard InChI is InChI=1S/C16H28N2O2/c1-19-12-11-17-10-4-7-16-18-13-15(20-16)9-8-14-5-2-3-6-14/h13-14,17H,2-12H2,1H3. The molecule has 0 unspecified atom stereocenters. The van der Waals surface area contributed by atoms with Gasteiger partial charge in [0.25, 0.3) is 0 Å². The molecule has 1 aromatic heterocycles. The molecule has 0 bridgehead atoms. The van der Waals surface area contributed by atoms with E-state index in [0.717, 1.165) is 56.5 Å². The Labute approximate surface area is 122 Å². The SMILES string of the molecule is COCCNCCCc1ncc(CCC2CCCC2)o1. The first-order chi connectivity index (χ1) is 9.88. The molecule has 2 rings (SSSR count). The highest BCUT2D eigenvalue weighted by Gasteiger charge is 2.15. The van der Waals surface area contributed by atoms with E-state index in [2.05, 4.69) is 10.3 Å². The summed E-state index contributed by atoms with van der Waals surface area (Å²) in [6.07, 6.45) is 11.9. The summed E-state index contributed by atoms with van der Waals surface area (Å²) >= 11 is 0. The van der Waals surface area contributed by atoms with E-state index >= 15 is 0 Å². The Morgan fingerprint density at radius 2 is 2.15 bits per heavy atom. The highest BCUT2D eigenvalue weighted by Crippen LogP contribution is 2.28. The van der Waals surface area contributed by atoms with Crippen LogP contribution in [0.3, 0.4) is 0 Å². The van der Waals surface area contributed by atoms with E-state index in [4.69, 9.17) is 9.15 Å². The fourth-order valence-corrected chi connectivity index (χ4v) is 2.89. The Hall–Kier alpha value is -0.870. The summed E-state index contributed by atoms with van der Waals surface area (Å²) in [6, 6.07) is 0. The van der Waals surface area contributed by atoms with E-state index in [0.29, 0.717) is 0 Å². The van der Waals surface area contributed by atoms with E-state index in [1.165, 1.54) is 32.1 Å². The highest BCUT2D eigenvalue weighted by molar-refractivity contribution is 4.95. The van der Waals surface area contributed by atoms with Crippen LogP contribution in [0.25, 0.3) is 0 Å². The summed E-state index contributed by atoms with van der Waals surface area (Å²) in [5, 5.41) is 3.33. The maximum absolute atomic E-state index is 5.81. The maximum atomic E-state index is 5.81. The van der Waals surface area contributed by atoms with Gasteiger partial charge in [-0.25, -0.2) is 4.98 Å². The molecule has 1 aromatic rings. The van der Waals surface area contributed by atoms with Crippen molar-refractivity contribution in [1.82, 2.24) is 10.3 Å². The average molecular weight is 280 g/mol. The van der Waals surface area contributed by atoms with Crippen molar-refractivity contribution in [1.29, 1.82) is 0 Å². The van der Waals surface area contributed by atoms with Crippen molar-refractivity contribution in [2.45, 2.75) is 51.4 Å². The number of oxazole rings is 1. The zero-order valence-electron chi connectivity index (χ0n) is 12.7. The average Bonchev–Trinajstić information content (AvgIpc) is 3.11. The lowest BCUT2D eigenvalue weighted by Gasteiger charge is -2.05. The van der Waals surface area contributed by atoms with Crippen LogP contribution in [-0.2, 0) is 17.6 Å². The zero-order chi connectivity index (χ0) is 14.0. The van der Waals surface area contributed by atoms with E-state index in [1.807, 2.05) is 6.20 Å². The Balaban J connectivity index is 1.57. The Bertz CT molecular complexity index is 359. The van der Waals surface area contributed by atoms with Gasteiger partial charge in [0.2, 0.25) is 0 Å². The minimum atomic E-state index is 0.768. The molecule has 1 fully saturated rings. The van der Waals surface area contributed by atoms with Crippen LogP contribution >= 0.6 is 0 Å². The van der Waals surface area contributed by atoms with E-state index in [9.17, 15) is 0 Å². The van der Waals surface area contributed by atoms with Crippen LogP contribution in [0.2, 0.25) is 0 Å². The summed E-state index contributed by atoms with van der Waals surface area (Å²) in [5.74, 6) is 2.88. The summed E-state index contributed by atoms with van der Waals surface area (Å²) in [5.41, 5.74) is 0. The number of nitrogens with one attached hydrogen (secondary N) is 1. The molecule has 1 aliphatic carbocycles. The molecule has 0 radical (unpaired) electrons. The van der Waals surface area contributed by atoms with Crippen LogP contribution in [0.1, 0.15) is 50.2 Å². The maximum Gasteiger partial charge on any atom is 0.194 e. The molecule has 0 saturated heterocycles. The molecule has 4 nitrogen and oxygen atoms in total. The van der Waals surface area contributed by atoms with Crippen molar-refractivity contribution in [3.05, 3.63) is 17.8 Å². The summed E-state index contributed by atoms with van der Waals surface area (Å²) < 4.78 is 10.8. The van der Waals surface area contributed by atoms with Crippen molar-refractivity contribution in [3.63, 3.8) is 0 Å². The van der Waals surface area contributed by atoms with Gasteiger partial charge in [0.05, 0.1) is 12.8 Å². The number of rotatable bonds is 10. The molecule has 0 aliphatic heterocycles. The van der Waals surface area contributed by atoms with Crippen LogP contribution in [0.15, 0.2) is 10.6 Å². The van der Waals surface area contributed by atoms with Crippen molar-refractivity contribution in [2.24, 2.45) is 5.92 Å². The van der Waals surface area contributed by atoms with Crippen molar-refractivity contribution < 1.29 is 9.15 Å². The molecule has 0 atom stereocenters. The third-order valence-corrected chi connectivity index (χ3v) is 4.10. The number of ether oxygens (including phenoxy) is 1. The summed E-state index contributed by atoms with van der Waals surface area (Å²) in [4.78, 5) is 4.38. The predicted octanol–water partition coefficient (Wildman–Crippen LogP) is 2.97. The molecule has 4 heteroatoms. The first-order valence-corrected chi connectivity index (χ1v) is 8.01.